The van der Waals surface area contributed by atoms with Gasteiger partial charge in [-0.25, -0.2) is 15.0 Å². The highest BCUT2D eigenvalue weighted by Crippen LogP contribution is 2.27. The van der Waals surface area contributed by atoms with E-state index in [0.29, 0.717) is 56.6 Å². The van der Waals surface area contributed by atoms with Crippen LogP contribution in [0.2, 0.25) is 0 Å². The molecular formula is C19H25F3N8O. The zero-order valence-corrected chi connectivity index (χ0v) is 17.7. The Morgan fingerprint density at radius 2 is 1.90 bits per heavy atom. The van der Waals surface area contributed by atoms with Crippen LogP contribution in [0, 0.1) is 13.8 Å². The maximum atomic E-state index is 13.1. The summed E-state index contributed by atoms with van der Waals surface area (Å²) in [5.41, 5.74) is 3.54. The molecule has 1 saturated heterocycles. The van der Waals surface area contributed by atoms with Crippen molar-refractivity contribution in [3.63, 3.8) is 0 Å². The Morgan fingerprint density at radius 1 is 1.16 bits per heavy atom. The quantitative estimate of drug-likeness (QED) is 0.631. The number of morpholine rings is 1. The molecule has 1 aliphatic heterocycles. The minimum absolute atomic E-state index is 0.188. The molecule has 0 radical (unpaired) electrons. The molecule has 0 spiro atoms. The number of ether oxygens (including phenoxy) is 1. The van der Waals surface area contributed by atoms with Crippen LogP contribution in [0.5, 0.6) is 0 Å². The number of aromatic nitrogens is 6. The fourth-order valence-corrected chi connectivity index (χ4v) is 3.72. The summed E-state index contributed by atoms with van der Waals surface area (Å²) >= 11 is 0. The first-order valence-corrected chi connectivity index (χ1v) is 10.0. The summed E-state index contributed by atoms with van der Waals surface area (Å²) in [6, 6.07) is 0. The van der Waals surface area contributed by atoms with E-state index in [1.165, 1.54) is 6.33 Å². The molecule has 1 aliphatic rings. The predicted octanol–water partition coefficient (Wildman–Crippen LogP) is 2.20. The fourth-order valence-electron chi connectivity index (χ4n) is 3.72. The summed E-state index contributed by atoms with van der Waals surface area (Å²) < 4.78 is 45.6. The lowest BCUT2D eigenvalue weighted by Crippen LogP contribution is -2.37. The standard InChI is InChI=1S/C19H25F3N8O/c1-12-14(13(2)27-26-12)8-28(3)9-15-24-17(29-4-6-31-7-5-29)16-18(25-15)30(11-23-16)10-19(20,21)22/h11H,4-10H2,1-3H3,(H,26,27). The Hall–Kier alpha value is -2.73. The van der Waals surface area contributed by atoms with Crippen molar-refractivity contribution in [3.05, 3.63) is 29.1 Å². The molecule has 0 unspecified atom stereocenters. The summed E-state index contributed by atoms with van der Waals surface area (Å²) in [7, 11) is 1.92. The number of halogens is 3. The number of aromatic amines is 1. The zero-order chi connectivity index (χ0) is 22.2. The number of H-pyrrole nitrogens is 1. The van der Waals surface area contributed by atoms with Crippen LogP contribution in [0.15, 0.2) is 6.33 Å². The number of aryl methyl sites for hydroxylation is 2. The molecule has 0 atom stereocenters. The average Bonchev–Trinajstić information content (AvgIpc) is 3.25. The third-order valence-electron chi connectivity index (χ3n) is 5.27. The molecule has 3 aromatic heterocycles. The van der Waals surface area contributed by atoms with Crippen molar-refractivity contribution in [2.45, 2.75) is 39.7 Å². The number of nitrogens with zero attached hydrogens (tertiary/aromatic N) is 7. The van der Waals surface area contributed by atoms with Crippen molar-refractivity contribution in [1.29, 1.82) is 0 Å². The normalized spacial score (nSPS) is 15.4. The van der Waals surface area contributed by atoms with Gasteiger partial charge in [-0.1, -0.05) is 0 Å². The van der Waals surface area contributed by atoms with Crippen LogP contribution in [0.1, 0.15) is 22.8 Å². The number of rotatable bonds is 6. The Labute approximate surface area is 177 Å². The molecule has 12 heteroatoms. The van der Waals surface area contributed by atoms with Crippen molar-refractivity contribution in [2.75, 3.05) is 38.3 Å². The van der Waals surface area contributed by atoms with Crippen LogP contribution >= 0.6 is 0 Å². The third-order valence-corrected chi connectivity index (χ3v) is 5.27. The third kappa shape index (κ3) is 4.79. The Kier molecular flexibility index (Phi) is 5.84. The first-order valence-electron chi connectivity index (χ1n) is 10.0. The van der Waals surface area contributed by atoms with E-state index >= 15 is 0 Å². The Balaban J connectivity index is 1.67. The van der Waals surface area contributed by atoms with Crippen molar-refractivity contribution in [3.8, 4) is 0 Å². The van der Waals surface area contributed by atoms with Gasteiger partial charge in [-0.15, -0.1) is 0 Å². The molecule has 1 fully saturated rings. The summed E-state index contributed by atoms with van der Waals surface area (Å²) in [4.78, 5) is 17.4. The highest BCUT2D eigenvalue weighted by Gasteiger charge is 2.30. The minimum Gasteiger partial charge on any atom is -0.378 e. The van der Waals surface area contributed by atoms with Crippen LogP contribution in [0.3, 0.4) is 0 Å². The second-order valence-corrected chi connectivity index (χ2v) is 7.81. The van der Waals surface area contributed by atoms with Gasteiger partial charge >= 0.3 is 6.18 Å². The molecule has 0 aromatic carbocycles. The van der Waals surface area contributed by atoms with Gasteiger partial charge in [0.2, 0.25) is 0 Å². The Morgan fingerprint density at radius 3 is 2.55 bits per heavy atom. The summed E-state index contributed by atoms with van der Waals surface area (Å²) in [5.74, 6) is 0.993. The van der Waals surface area contributed by atoms with E-state index in [1.54, 1.807) is 0 Å². The Bertz CT molecular complexity index is 1040. The molecule has 4 rings (SSSR count). The van der Waals surface area contributed by atoms with E-state index in [4.69, 9.17) is 4.74 Å². The van der Waals surface area contributed by atoms with Crippen LogP contribution in [0.4, 0.5) is 19.0 Å². The average molecular weight is 438 g/mol. The van der Waals surface area contributed by atoms with Gasteiger partial charge < -0.3 is 14.2 Å². The van der Waals surface area contributed by atoms with Crippen LogP contribution in [0.25, 0.3) is 11.2 Å². The molecular weight excluding hydrogens is 413 g/mol. The maximum absolute atomic E-state index is 13.1. The number of alkyl halides is 3. The molecule has 3 aromatic rings. The second-order valence-electron chi connectivity index (χ2n) is 7.81. The number of nitrogens with one attached hydrogen (secondary N) is 1. The fraction of sp³-hybridized carbons (Fsp3) is 0.579. The summed E-state index contributed by atoms with van der Waals surface area (Å²) in [6.45, 7) is 5.98. The van der Waals surface area contributed by atoms with E-state index in [0.717, 1.165) is 21.5 Å². The highest BCUT2D eigenvalue weighted by molar-refractivity contribution is 5.83. The first kappa shape index (κ1) is 21.5. The number of hydrogen-bond acceptors (Lipinski definition) is 7. The first-order chi connectivity index (χ1) is 14.7. The number of hydrogen-bond donors (Lipinski definition) is 1. The van der Waals surface area contributed by atoms with Gasteiger partial charge in [-0.2, -0.15) is 18.3 Å². The van der Waals surface area contributed by atoms with E-state index in [1.807, 2.05) is 30.7 Å². The van der Waals surface area contributed by atoms with Gasteiger partial charge in [0.15, 0.2) is 17.0 Å². The highest BCUT2D eigenvalue weighted by atomic mass is 19.4. The van der Waals surface area contributed by atoms with Crippen LogP contribution in [-0.2, 0) is 24.4 Å². The second kappa shape index (κ2) is 8.42. The molecule has 168 valence electrons. The zero-order valence-electron chi connectivity index (χ0n) is 17.7. The van der Waals surface area contributed by atoms with Crippen molar-refractivity contribution in [2.24, 2.45) is 0 Å². The molecule has 0 saturated carbocycles. The van der Waals surface area contributed by atoms with E-state index in [2.05, 4.69) is 25.1 Å². The van der Waals surface area contributed by atoms with Crippen LogP contribution < -0.4 is 4.90 Å². The van der Waals surface area contributed by atoms with E-state index in [9.17, 15) is 13.2 Å². The molecule has 0 aliphatic carbocycles. The molecule has 1 N–H and O–H groups in total. The number of fused-ring (bicyclic) bond motifs is 1. The summed E-state index contributed by atoms with van der Waals surface area (Å²) in [5, 5.41) is 7.18. The number of anilines is 1. The minimum atomic E-state index is -4.37. The van der Waals surface area contributed by atoms with Crippen molar-refractivity contribution >= 4 is 17.0 Å². The molecule has 0 bridgehead atoms. The van der Waals surface area contributed by atoms with E-state index in [-0.39, 0.29) is 5.65 Å². The smallest absolute Gasteiger partial charge is 0.378 e. The summed E-state index contributed by atoms with van der Waals surface area (Å²) in [6.07, 6.45) is -3.19. The molecule has 31 heavy (non-hydrogen) atoms. The molecule has 4 heterocycles. The van der Waals surface area contributed by atoms with Gasteiger partial charge in [-0.05, 0) is 20.9 Å². The topological polar surface area (TPSA) is 88.0 Å². The predicted molar refractivity (Wildman–Crippen MR) is 108 cm³/mol. The lowest BCUT2D eigenvalue weighted by molar-refractivity contribution is -0.140. The number of imidazole rings is 1. The van der Waals surface area contributed by atoms with Gasteiger partial charge in [-0.3, -0.25) is 10.00 Å². The van der Waals surface area contributed by atoms with Gasteiger partial charge in [0.25, 0.3) is 0 Å². The van der Waals surface area contributed by atoms with Crippen LogP contribution in [-0.4, -0.2) is 74.1 Å². The van der Waals surface area contributed by atoms with Gasteiger partial charge in [0.05, 0.1) is 31.8 Å². The van der Waals surface area contributed by atoms with Crippen molar-refractivity contribution < 1.29 is 17.9 Å². The largest absolute Gasteiger partial charge is 0.406 e. The molecule has 9 nitrogen and oxygen atoms in total. The SMILES string of the molecule is Cc1n[nH]c(C)c1CN(C)Cc1nc(N2CCOCC2)c2ncn(CC(F)(F)F)c2n1. The monoisotopic (exact) mass is 438 g/mol. The lowest BCUT2D eigenvalue weighted by Gasteiger charge is -2.28. The van der Waals surface area contributed by atoms with E-state index < -0.39 is 12.7 Å². The van der Waals surface area contributed by atoms with Gasteiger partial charge in [0.1, 0.15) is 12.4 Å². The van der Waals surface area contributed by atoms with Crippen molar-refractivity contribution in [1.82, 2.24) is 34.6 Å². The lowest BCUT2D eigenvalue weighted by atomic mass is 10.2. The molecule has 0 amide bonds. The van der Waals surface area contributed by atoms with Gasteiger partial charge in [0, 0.05) is 30.9 Å². The maximum Gasteiger partial charge on any atom is 0.406 e.